The van der Waals surface area contributed by atoms with Crippen LogP contribution in [-0.4, -0.2) is 7.11 Å². The van der Waals surface area contributed by atoms with E-state index in [1.165, 1.54) is 0 Å². The molecule has 1 aromatic carbocycles. The summed E-state index contributed by atoms with van der Waals surface area (Å²) in [6.45, 7) is 0.485. The van der Waals surface area contributed by atoms with Gasteiger partial charge in [-0.1, -0.05) is 0 Å². The Morgan fingerprint density at radius 3 is 2.92 bits per heavy atom. The molecule has 0 atom stereocenters. The molecule has 0 aliphatic rings. The Balaban J connectivity index is 3.04. The normalized spacial score (nSPS) is 9.31. The third-order valence-corrected chi connectivity index (χ3v) is 1.70. The van der Waals surface area contributed by atoms with Crippen molar-refractivity contribution >= 4 is 0 Å². The summed E-state index contributed by atoms with van der Waals surface area (Å²) in [5.41, 5.74) is 4.00. The summed E-state index contributed by atoms with van der Waals surface area (Å²) in [6.07, 6.45) is 0. The van der Waals surface area contributed by atoms with Crippen molar-refractivity contribution in [3.8, 4) is 11.8 Å². The van der Waals surface area contributed by atoms with E-state index in [2.05, 4.69) is 11.5 Å². The van der Waals surface area contributed by atoms with E-state index in [4.69, 9.17) is 15.8 Å². The van der Waals surface area contributed by atoms with Gasteiger partial charge < -0.3 is 4.74 Å². The zero-order valence-corrected chi connectivity index (χ0v) is 7.37. The van der Waals surface area contributed by atoms with E-state index in [1.54, 1.807) is 25.3 Å². The standard InChI is InChI=1S/C9H11N3O/c1-13-9-3-2-7(5-10)4-8(9)6-12-11/h2-4,12H,6,11H2,1H3. The lowest BCUT2D eigenvalue weighted by atomic mass is 10.1. The van der Waals surface area contributed by atoms with Crippen molar-refractivity contribution in [1.82, 2.24) is 5.43 Å². The number of hydrogen-bond donors (Lipinski definition) is 2. The van der Waals surface area contributed by atoms with Gasteiger partial charge in [0.1, 0.15) is 5.75 Å². The second-order valence-corrected chi connectivity index (χ2v) is 2.52. The van der Waals surface area contributed by atoms with Crippen molar-refractivity contribution in [3.05, 3.63) is 29.3 Å². The van der Waals surface area contributed by atoms with Crippen LogP contribution in [0, 0.1) is 11.3 Å². The molecule has 4 nitrogen and oxygen atoms in total. The first kappa shape index (κ1) is 9.52. The number of methoxy groups -OCH3 is 1. The number of nitrogens with one attached hydrogen (secondary N) is 1. The molecule has 13 heavy (non-hydrogen) atoms. The van der Waals surface area contributed by atoms with Crippen molar-refractivity contribution in [1.29, 1.82) is 5.26 Å². The Hall–Kier alpha value is -1.57. The van der Waals surface area contributed by atoms with E-state index in [0.29, 0.717) is 12.1 Å². The molecule has 0 spiro atoms. The molecule has 0 heterocycles. The molecule has 68 valence electrons. The molecule has 0 bridgehead atoms. The van der Waals surface area contributed by atoms with E-state index in [9.17, 15) is 0 Å². The van der Waals surface area contributed by atoms with Gasteiger partial charge in [0, 0.05) is 12.1 Å². The fourth-order valence-electron chi connectivity index (χ4n) is 1.10. The van der Waals surface area contributed by atoms with Gasteiger partial charge in [0.2, 0.25) is 0 Å². The lowest BCUT2D eigenvalue weighted by Crippen LogP contribution is -2.21. The number of benzene rings is 1. The van der Waals surface area contributed by atoms with E-state index in [0.717, 1.165) is 11.3 Å². The molecule has 0 aromatic heterocycles. The molecule has 1 rings (SSSR count). The van der Waals surface area contributed by atoms with Crippen LogP contribution in [0.15, 0.2) is 18.2 Å². The molecular weight excluding hydrogens is 166 g/mol. The van der Waals surface area contributed by atoms with Crippen molar-refractivity contribution in [3.63, 3.8) is 0 Å². The number of hydrazine groups is 1. The minimum atomic E-state index is 0.485. The van der Waals surface area contributed by atoms with E-state index in [1.807, 2.05) is 0 Å². The van der Waals surface area contributed by atoms with Crippen LogP contribution in [0.4, 0.5) is 0 Å². The largest absolute Gasteiger partial charge is 0.496 e. The van der Waals surface area contributed by atoms with Gasteiger partial charge in [-0.15, -0.1) is 0 Å². The summed E-state index contributed by atoms with van der Waals surface area (Å²) >= 11 is 0. The van der Waals surface area contributed by atoms with Gasteiger partial charge in [0.25, 0.3) is 0 Å². The molecule has 0 fully saturated rings. The smallest absolute Gasteiger partial charge is 0.123 e. The van der Waals surface area contributed by atoms with Crippen molar-refractivity contribution < 1.29 is 4.74 Å². The predicted octanol–water partition coefficient (Wildman–Crippen LogP) is 0.530. The second-order valence-electron chi connectivity index (χ2n) is 2.52. The third-order valence-electron chi connectivity index (χ3n) is 1.70. The van der Waals surface area contributed by atoms with Gasteiger partial charge >= 0.3 is 0 Å². The molecule has 3 N–H and O–H groups in total. The average molecular weight is 177 g/mol. The number of hydrogen-bond acceptors (Lipinski definition) is 4. The lowest BCUT2D eigenvalue weighted by molar-refractivity contribution is 0.408. The number of rotatable bonds is 3. The predicted molar refractivity (Wildman–Crippen MR) is 48.7 cm³/mol. The Bertz CT molecular complexity index is 330. The fourth-order valence-corrected chi connectivity index (χ4v) is 1.10. The topological polar surface area (TPSA) is 71.1 Å². The highest BCUT2D eigenvalue weighted by molar-refractivity contribution is 5.41. The second kappa shape index (κ2) is 4.45. The van der Waals surface area contributed by atoms with Crippen LogP contribution in [0.1, 0.15) is 11.1 Å². The van der Waals surface area contributed by atoms with Gasteiger partial charge in [-0.25, -0.2) is 0 Å². The zero-order chi connectivity index (χ0) is 9.68. The average Bonchev–Trinajstić information content (AvgIpc) is 2.18. The molecule has 0 aliphatic carbocycles. The first-order valence-electron chi connectivity index (χ1n) is 3.82. The first-order valence-corrected chi connectivity index (χ1v) is 3.82. The molecule has 0 saturated heterocycles. The summed E-state index contributed by atoms with van der Waals surface area (Å²) in [6, 6.07) is 7.26. The van der Waals surface area contributed by atoms with Crippen molar-refractivity contribution in [2.75, 3.05) is 7.11 Å². The SMILES string of the molecule is COc1ccc(C#N)cc1CNN. The lowest BCUT2D eigenvalue weighted by Gasteiger charge is -2.07. The van der Waals surface area contributed by atoms with Crippen molar-refractivity contribution in [2.24, 2.45) is 5.84 Å². The molecule has 0 radical (unpaired) electrons. The third kappa shape index (κ3) is 2.18. The first-order chi connectivity index (χ1) is 6.31. The van der Waals surface area contributed by atoms with Crippen LogP contribution in [0.3, 0.4) is 0 Å². The van der Waals surface area contributed by atoms with Crippen LogP contribution in [0.2, 0.25) is 0 Å². The summed E-state index contributed by atoms with van der Waals surface area (Å²) in [5.74, 6) is 5.92. The molecule has 0 amide bonds. The minimum absolute atomic E-state index is 0.485. The Morgan fingerprint density at radius 2 is 2.38 bits per heavy atom. The van der Waals surface area contributed by atoms with Crippen LogP contribution in [-0.2, 0) is 6.54 Å². The number of nitrogens with two attached hydrogens (primary N) is 1. The van der Waals surface area contributed by atoms with Crippen molar-refractivity contribution in [2.45, 2.75) is 6.54 Å². The van der Waals surface area contributed by atoms with Crippen LogP contribution in [0.5, 0.6) is 5.75 Å². The van der Waals surface area contributed by atoms with Crippen LogP contribution in [0.25, 0.3) is 0 Å². The van der Waals surface area contributed by atoms with Crippen LogP contribution >= 0.6 is 0 Å². The minimum Gasteiger partial charge on any atom is -0.496 e. The van der Waals surface area contributed by atoms with Gasteiger partial charge in [-0.05, 0) is 18.2 Å². The number of ether oxygens (including phenoxy) is 1. The highest BCUT2D eigenvalue weighted by Gasteiger charge is 2.02. The zero-order valence-electron chi connectivity index (χ0n) is 7.37. The number of nitriles is 1. The number of nitrogens with zero attached hydrogens (tertiary/aromatic N) is 1. The molecular formula is C9H11N3O. The van der Waals surface area contributed by atoms with Gasteiger partial charge in [-0.2, -0.15) is 5.26 Å². The van der Waals surface area contributed by atoms with Gasteiger partial charge in [-0.3, -0.25) is 11.3 Å². The quantitative estimate of drug-likeness (QED) is 0.522. The highest BCUT2D eigenvalue weighted by Crippen LogP contribution is 2.18. The molecule has 0 aliphatic heterocycles. The van der Waals surface area contributed by atoms with E-state index < -0.39 is 0 Å². The van der Waals surface area contributed by atoms with Crippen LogP contribution < -0.4 is 16.0 Å². The summed E-state index contributed by atoms with van der Waals surface area (Å²) in [5, 5.41) is 8.65. The maximum absolute atomic E-state index is 8.65. The van der Waals surface area contributed by atoms with Gasteiger partial charge in [0.05, 0.1) is 18.7 Å². The summed E-state index contributed by atoms with van der Waals surface area (Å²) in [7, 11) is 1.58. The maximum atomic E-state index is 8.65. The molecule has 1 aromatic rings. The molecule has 0 unspecified atom stereocenters. The Labute approximate surface area is 76.9 Å². The Kier molecular flexibility index (Phi) is 3.26. The fraction of sp³-hybridized carbons (Fsp3) is 0.222. The summed E-state index contributed by atoms with van der Waals surface area (Å²) in [4.78, 5) is 0. The van der Waals surface area contributed by atoms with E-state index >= 15 is 0 Å². The monoisotopic (exact) mass is 177 g/mol. The molecule has 4 heteroatoms. The maximum Gasteiger partial charge on any atom is 0.123 e. The van der Waals surface area contributed by atoms with E-state index in [-0.39, 0.29) is 0 Å². The summed E-state index contributed by atoms with van der Waals surface area (Å²) < 4.78 is 5.09. The van der Waals surface area contributed by atoms with Gasteiger partial charge in [0.15, 0.2) is 0 Å². The highest BCUT2D eigenvalue weighted by atomic mass is 16.5. The Morgan fingerprint density at radius 1 is 1.62 bits per heavy atom. The molecule has 0 saturated carbocycles.